The number of nitrogens with zero attached hydrogens (tertiary/aromatic N) is 2. The average Bonchev–Trinajstić information content (AvgIpc) is 3.39. The second-order valence-electron chi connectivity index (χ2n) is 7.40. The van der Waals surface area contributed by atoms with Crippen LogP contribution < -0.4 is 10.1 Å². The molecule has 0 fully saturated rings. The van der Waals surface area contributed by atoms with Gasteiger partial charge in [0, 0.05) is 5.56 Å². The van der Waals surface area contributed by atoms with E-state index in [1.807, 2.05) is 0 Å². The first-order valence-electron chi connectivity index (χ1n) is 10.3. The van der Waals surface area contributed by atoms with Gasteiger partial charge < -0.3 is 9.15 Å². The molecule has 0 unspecified atom stereocenters. The predicted octanol–water partition coefficient (Wildman–Crippen LogP) is 3.58. The molecule has 0 bridgehead atoms. The molecule has 0 radical (unpaired) electrons. The minimum Gasteiger partial charge on any atom is -0.462 e. The minimum absolute atomic E-state index is 0.0576. The Kier molecular flexibility index (Phi) is 6.18. The molecule has 1 aliphatic heterocycles. The van der Waals surface area contributed by atoms with Crippen LogP contribution in [0.25, 0.3) is 17.4 Å². The molecule has 2 N–H and O–H groups in total. The van der Waals surface area contributed by atoms with E-state index in [-0.39, 0.29) is 10.8 Å². The van der Waals surface area contributed by atoms with Crippen molar-refractivity contribution in [3.63, 3.8) is 0 Å². The molecule has 10 heteroatoms. The molecule has 0 spiro atoms. The summed E-state index contributed by atoms with van der Waals surface area (Å²) >= 11 is 0. The molecule has 9 nitrogen and oxygen atoms in total. The van der Waals surface area contributed by atoms with Gasteiger partial charge >= 0.3 is 5.97 Å². The molecule has 0 saturated carbocycles. The Hall–Kier alpha value is -4.02. The minimum atomic E-state index is -3.83. The topological polar surface area (TPSA) is 132 Å². The third-order valence-corrected chi connectivity index (χ3v) is 6.00. The standard InChI is InChI=1S/C24H21N3O6S/c1-3-32-24(29)17-6-4-16(5-7-17)22-13-10-19(33-22)14-21-15(2)26-27(23(21)28)18-8-11-20(12-9-18)34(25,30)31/h4-14H,3H2,1-2H3,(H2,25,30,31). The largest absolute Gasteiger partial charge is 0.462 e. The molecular formula is C24H21N3O6S. The number of benzene rings is 2. The van der Waals surface area contributed by atoms with Crippen molar-refractivity contribution in [3.05, 3.63) is 77.6 Å². The van der Waals surface area contributed by atoms with Gasteiger partial charge in [-0.2, -0.15) is 10.1 Å². The Balaban J connectivity index is 1.54. The van der Waals surface area contributed by atoms with Crippen molar-refractivity contribution in [1.82, 2.24) is 0 Å². The van der Waals surface area contributed by atoms with E-state index in [2.05, 4.69) is 5.10 Å². The molecule has 1 aliphatic rings. The SMILES string of the molecule is CCOC(=O)c1ccc(-c2ccc(C=C3C(=O)N(c4ccc(S(N)(=O)=O)cc4)N=C3C)o2)cc1. The summed E-state index contributed by atoms with van der Waals surface area (Å²) in [5.74, 6) is 0.251. The molecule has 2 heterocycles. The maximum absolute atomic E-state index is 12.9. The van der Waals surface area contributed by atoms with Crippen LogP contribution in [0, 0.1) is 0 Å². The lowest BCUT2D eigenvalue weighted by atomic mass is 10.1. The van der Waals surface area contributed by atoms with E-state index in [0.29, 0.717) is 40.7 Å². The maximum atomic E-state index is 12.9. The molecule has 0 saturated heterocycles. The van der Waals surface area contributed by atoms with E-state index >= 15 is 0 Å². The normalized spacial score (nSPS) is 15.0. The second-order valence-corrected chi connectivity index (χ2v) is 8.96. The molecule has 0 atom stereocenters. The van der Waals surface area contributed by atoms with Crippen molar-refractivity contribution in [1.29, 1.82) is 0 Å². The maximum Gasteiger partial charge on any atom is 0.338 e. The number of nitrogens with two attached hydrogens (primary N) is 1. The highest BCUT2D eigenvalue weighted by Gasteiger charge is 2.29. The average molecular weight is 480 g/mol. The summed E-state index contributed by atoms with van der Waals surface area (Å²) in [5.41, 5.74) is 2.44. The predicted molar refractivity (Wildman–Crippen MR) is 126 cm³/mol. The fraction of sp³-hybridized carbons (Fsp3) is 0.125. The summed E-state index contributed by atoms with van der Waals surface area (Å²) < 4.78 is 33.7. The van der Waals surface area contributed by atoms with Crippen LogP contribution in [0.3, 0.4) is 0 Å². The Morgan fingerprint density at radius 2 is 1.76 bits per heavy atom. The van der Waals surface area contributed by atoms with Crippen molar-refractivity contribution < 1.29 is 27.2 Å². The van der Waals surface area contributed by atoms with Crippen molar-refractivity contribution >= 4 is 39.4 Å². The molecule has 3 aromatic rings. The lowest BCUT2D eigenvalue weighted by Gasteiger charge is -2.11. The molecule has 174 valence electrons. The molecule has 2 aromatic carbocycles. The molecule has 1 aromatic heterocycles. The fourth-order valence-corrected chi connectivity index (χ4v) is 3.86. The number of ether oxygens (including phenoxy) is 1. The summed E-state index contributed by atoms with van der Waals surface area (Å²) in [5, 5.41) is 10.6. The van der Waals surface area contributed by atoms with Gasteiger partial charge in [-0.15, -0.1) is 0 Å². The van der Waals surface area contributed by atoms with Crippen molar-refractivity contribution in [3.8, 4) is 11.3 Å². The molecule has 0 aliphatic carbocycles. The summed E-state index contributed by atoms with van der Waals surface area (Å²) in [6, 6.07) is 15.9. The number of furan rings is 1. The smallest absolute Gasteiger partial charge is 0.338 e. The fourth-order valence-electron chi connectivity index (χ4n) is 3.35. The molecule has 1 amide bonds. The Morgan fingerprint density at radius 1 is 1.09 bits per heavy atom. The van der Waals surface area contributed by atoms with Crippen LogP contribution in [0.4, 0.5) is 5.69 Å². The summed E-state index contributed by atoms with van der Waals surface area (Å²) in [4.78, 5) is 24.7. The van der Waals surface area contributed by atoms with E-state index < -0.39 is 16.0 Å². The second kappa shape index (κ2) is 9.08. The number of anilines is 1. The van der Waals surface area contributed by atoms with Crippen LogP contribution in [-0.2, 0) is 19.6 Å². The third-order valence-electron chi connectivity index (χ3n) is 5.07. The summed E-state index contributed by atoms with van der Waals surface area (Å²) in [6.07, 6.45) is 1.59. The zero-order valence-corrected chi connectivity index (χ0v) is 19.2. The monoisotopic (exact) mass is 479 g/mol. The number of amides is 1. The van der Waals surface area contributed by atoms with Crippen LogP contribution in [0.2, 0.25) is 0 Å². The number of rotatable bonds is 6. The highest BCUT2D eigenvalue weighted by Crippen LogP contribution is 2.28. The molecular weight excluding hydrogens is 458 g/mol. The zero-order valence-electron chi connectivity index (χ0n) is 18.4. The van der Waals surface area contributed by atoms with Crippen LogP contribution in [0.1, 0.15) is 30.0 Å². The number of hydrogen-bond donors (Lipinski definition) is 1. The van der Waals surface area contributed by atoms with Gasteiger partial charge in [-0.3, -0.25) is 4.79 Å². The molecule has 4 rings (SSSR count). The van der Waals surface area contributed by atoms with Gasteiger partial charge in [-0.1, -0.05) is 12.1 Å². The van der Waals surface area contributed by atoms with Gasteiger partial charge in [0.05, 0.1) is 34.0 Å². The number of esters is 1. The highest BCUT2D eigenvalue weighted by atomic mass is 32.2. The first-order valence-corrected chi connectivity index (χ1v) is 11.8. The van der Waals surface area contributed by atoms with E-state index in [9.17, 15) is 18.0 Å². The Labute approximate surface area is 196 Å². The van der Waals surface area contributed by atoms with Crippen molar-refractivity contribution in [2.24, 2.45) is 10.2 Å². The van der Waals surface area contributed by atoms with E-state index in [0.717, 1.165) is 5.56 Å². The van der Waals surface area contributed by atoms with Gasteiger partial charge in [-0.05, 0) is 68.5 Å². The first-order chi connectivity index (χ1) is 16.2. The Bertz CT molecular complexity index is 1420. The molecule has 34 heavy (non-hydrogen) atoms. The van der Waals surface area contributed by atoms with Gasteiger partial charge in [-0.25, -0.2) is 18.4 Å². The number of hydrazone groups is 1. The van der Waals surface area contributed by atoms with Gasteiger partial charge in [0.1, 0.15) is 11.5 Å². The van der Waals surface area contributed by atoms with Crippen molar-refractivity contribution in [2.75, 3.05) is 11.6 Å². The third kappa shape index (κ3) is 4.68. The van der Waals surface area contributed by atoms with Crippen LogP contribution in [-0.4, -0.2) is 32.6 Å². The summed E-state index contributed by atoms with van der Waals surface area (Å²) in [6.45, 7) is 3.74. The van der Waals surface area contributed by atoms with Crippen molar-refractivity contribution in [2.45, 2.75) is 18.7 Å². The van der Waals surface area contributed by atoms with E-state index in [1.54, 1.807) is 56.3 Å². The quantitative estimate of drug-likeness (QED) is 0.424. The lowest BCUT2D eigenvalue weighted by Crippen LogP contribution is -2.21. The highest BCUT2D eigenvalue weighted by molar-refractivity contribution is 7.89. The van der Waals surface area contributed by atoms with Gasteiger partial charge in [0.15, 0.2) is 0 Å². The van der Waals surface area contributed by atoms with Crippen LogP contribution >= 0.6 is 0 Å². The Morgan fingerprint density at radius 3 is 2.38 bits per heavy atom. The first kappa shape index (κ1) is 23.1. The zero-order chi connectivity index (χ0) is 24.5. The van der Waals surface area contributed by atoms with Crippen LogP contribution in [0.15, 0.2) is 80.7 Å². The lowest BCUT2D eigenvalue weighted by molar-refractivity contribution is -0.114. The number of hydrogen-bond acceptors (Lipinski definition) is 7. The van der Waals surface area contributed by atoms with Gasteiger partial charge in [0.25, 0.3) is 5.91 Å². The number of primary sulfonamides is 1. The van der Waals surface area contributed by atoms with E-state index in [4.69, 9.17) is 14.3 Å². The number of carbonyl (C=O) groups is 2. The van der Waals surface area contributed by atoms with Gasteiger partial charge in [0.2, 0.25) is 10.0 Å². The summed E-state index contributed by atoms with van der Waals surface area (Å²) in [7, 11) is -3.83. The van der Waals surface area contributed by atoms with Crippen LogP contribution in [0.5, 0.6) is 0 Å². The van der Waals surface area contributed by atoms with E-state index in [1.165, 1.54) is 29.3 Å². The number of carbonyl (C=O) groups excluding carboxylic acids is 2. The number of sulfonamides is 1.